The van der Waals surface area contributed by atoms with Crippen molar-refractivity contribution >= 4 is 39.7 Å². The third-order valence-corrected chi connectivity index (χ3v) is 7.23. The number of halogens is 1. The molecule has 8 heteroatoms. The molecule has 0 aliphatic carbocycles. The molecular weight excluding hydrogens is 448 g/mol. The van der Waals surface area contributed by atoms with Crippen molar-refractivity contribution in [1.82, 2.24) is 19.8 Å². The summed E-state index contributed by atoms with van der Waals surface area (Å²) in [6.07, 6.45) is 4.98. The van der Waals surface area contributed by atoms with Crippen LogP contribution in [0.15, 0.2) is 42.7 Å². The first-order chi connectivity index (χ1) is 16.5. The molecule has 0 unspecified atom stereocenters. The van der Waals surface area contributed by atoms with E-state index in [1.807, 2.05) is 24.3 Å². The second-order valence-electron chi connectivity index (χ2n) is 9.67. The average Bonchev–Trinajstić information content (AvgIpc) is 3.31. The number of rotatable bonds is 6. The SMILES string of the molecule is CN1CCC(Oc2cc(N3CC[C@@H](N(C)C)C3)cc3ncnc(Nc4cccc(Cl)c4)c23)CC1. The van der Waals surface area contributed by atoms with Gasteiger partial charge >= 0.3 is 0 Å². The summed E-state index contributed by atoms with van der Waals surface area (Å²) < 4.78 is 6.68. The normalized spacial score (nSPS) is 19.8. The number of hydrogen-bond acceptors (Lipinski definition) is 7. The molecule has 2 aliphatic rings. The molecule has 1 N–H and O–H groups in total. The maximum absolute atomic E-state index is 6.68. The molecule has 2 fully saturated rings. The monoisotopic (exact) mass is 480 g/mol. The van der Waals surface area contributed by atoms with Crippen molar-refractivity contribution in [2.75, 3.05) is 57.5 Å². The number of likely N-dealkylation sites (tertiary alicyclic amines) is 1. The fourth-order valence-corrected chi connectivity index (χ4v) is 5.08. The van der Waals surface area contributed by atoms with E-state index in [-0.39, 0.29) is 6.10 Å². The molecule has 2 aliphatic heterocycles. The highest BCUT2D eigenvalue weighted by molar-refractivity contribution is 6.30. The van der Waals surface area contributed by atoms with Gasteiger partial charge in [0, 0.05) is 54.7 Å². The van der Waals surface area contributed by atoms with E-state index in [2.05, 4.69) is 63.3 Å². The van der Waals surface area contributed by atoms with Crippen molar-refractivity contribution in [3.05, 3.63) is 47.7 Å². The average molecular weight is 481 g/mol. The third-order valence-electron chi connectivity index (χ3n) is 6.99. The Labute approximate surface area is 206 Å². The first-order valence-corrected chi connectivity index (χ1v) is 12.4. The highest BCUT2D eigenvalue weighted by Gasteiger charge is 2.27. The van der Waals surface area contributed by atoms with Crippen LogP contribution >= 0.6 is 11.6 Å². The van der Waals surface area contributed by atoms with Crippen molar-refractivity contribution in [1.29, 1.82) is 0 Å². The van der Waals surface area contributed by atoms with E-state index in [0.717, 1.165) is 79.3 Å². The Hall–Kier alpha value is -2.61. The maximum atomic E-state index is 6.68. The third kappa shape index (κ3) is 5.06. The molecule has 0 saturated carbocycles. The summed E-state index contributed by atoms with van der Waals surface area (Å²) >= 11 is 6.22. The zero-order valence-corrected chi connectivity index (χ0v) is 20.9. The number of benzene rings is 2. The van der Waals surface area contributed by atoms with Crippen LogP contribution in [0.4, 0.5) is 17.2 Å². The van der Waals surface area contributed by atoms with Crippen LogP contribution in [0, 0.1) is 0 Å². The fourth-order valence-electron chi connectivity index (χ4n) is 4.89. The lowest BCUT2D eigenvalue weighted by Crippen LogP contribution is -2.35. The molecule has 0 radical (unpaired) electrons. The number of fused-ring (bicyclic) bond motifs is 1. The maximum Gasteiger partial charge on any atom is 0.145 e. The molecule has 3 aromatic rings. The summed E-state index contributed by atoms with van der Waals surface area (Å²) in [5, 5.41) is 5.03. The first kappa shape index (κ1) is 23.1. The summed E-state index contributed by atoms with van der Waals surface area (Å²) in [7, 11) is 6.48. The van der Waals surface area contributed by atoms with Crippen LogP contribution in [-0.4, -0.2) is 79.2 Å². The van der Waals surface area contributed by atoms with Gasteiger partial charge in [-0.05, 0) is 64.7 Å². The predicted molar refractivity (Wildman–Crippen MR) is 140 cm³/mol. The van der Waals surface area contributed by atoms with Crippen molar-refractivity contribution in [3.8, 4) is 5.75 Å². The Morgan fingerprint density at radius 1 is 1.06 bits per heavy atom. The van der Waals surface area contributed by atoms with Crippen LogP contribution in [0.3, 0.4) is 0 Å². The number of anilines is 3. The van der Waals surface area contributed by atoms with Gasteiger partial charge in [0.25, 0.3) is 0 Å². The van der Waals surface area contributed by atoms with Crippen LogP contribution < -0.4 is 15.0 Å². The van der Waals surface area contributed by atoms with E-state index in [0.29, 0.717) is 11.1 Å². The van der Waals surface area contributed by atoms with Crippen LogP contribution in [0.1, 0.15) is 19.3 Å². The summed E-state index contributed by atoms with van der Waals surface area (Å²) in [5.74, 6) is 1.58. The Balaban J connectivity index is 1.53. The van der Waals surface area contributed by atoms with Crippen LogP contribution in [0.25, 0.3) is 10.9 Å². The van der Waals surface area contributed by atoms with Gasteiger partial charge in [-0.25, -0.2) is 9.97 Å². The zero-order chi connectivity index (χ0) is 23.7. The smallest absolute Gasteiger partial charge is 0.145 e. The molecule has 2 aromatic carbocycles. The number of aromatic nitrogens is 2. The van der Waals surface area contributed by atoms with Crippen molar-refractivity contribution in [2.45, 2.75) is 31.4 Å². The summed E-state index contributed by atoms with van der Waals surface area (Å²) in [4.78, 5) is 16.3. The van der Waals surface area contributed by atoms with E-state index in [1.54, 1.807) is 6.33 Å². The molecular formula is C26H33ClN6O. The van der Waals surface area contributed by atoms with Crippen molar-refractivity contribution < 1.29 is 4.74 Å². The van der Waals surface area contributed by atoms with Gasteiger partial charge in [-0.1, -0.05) is 17.7 Å². The van der Waals surface area contributed by atoms with E-state index >= 15 is 0 Å². The van der Waals surface area contributed by atoms with Gasteiger partial charge < -0.3 is 24.8 Å². The quantitative estimate of drug-likeness (QED) is 0.551. The topological polar surface area (TPSA) is 56.8 Å². The molecule has 0 amide bonds. The minimum atomic E-state index is 0.182. The molecule has 34 heavy (non-hydrogen) atoms. The Morgan fingerprint density at radius 3 is 2.62 bits per heavy atom. The molecule has 7 nitrogen and oxygen atoms in total. The minimum absolute atomic E-state index is 0.182. The van der Waals surface area contributed by atoms with Gasteiger partial charge in [0.05, 0.1) is 10.9 Å². The zero-order valence-electron chi connectivity index (χ0n) is 20.2. The van der Waals surface area contributed by atoms with E-state index < -0.39 is 0 Å². The molecule has 1 aromatic heterocycles. The number of likely N-dealkylation sites (N-methyl/N-ethyl adjacent to an activating group) is 1. The van der Waals surface area contributed by atoms with Gasteiger partial charge in [0.2, 0.25) is 0 Å². The fraction of sp³-hybridized carbons (Fsp3) is 0.462. The van der Waals surface area contributed by atoms with Crippen LogP contribution in [0.2, 0.25) is 5.02 Å². The van der Waals surface area contributed by atoms with Crippen LogP contribution in [-0.2, 0) is 0 Å². The van der Waals surface area contributed by atoms with Crippen molar-refractivity contribution in [3.63, 3.8) is 0 Å². The van der Waals surface area contributed by atoms with Gasteiger partial charge in [0.1, 0.15) is 24.0 Å². The number of nitrogens with one attached hydrogen (secondary N) is 1. The highest BCUT2D eigenvalue weighted by atomic mass is 35.5. The van der Waals surface area contributed by atoms with Gasteiger partial charge in [0.15, 0.2) is 0 Å². The van der Waals surface area contributed by atoms with Gasteiger partial charge in [-0.15, -0.1) is 0 Å². The van der Waals surface area contributed by atoms with Crippen LogP contribution in [0.5, 0.6) is 5.75 Å². The number of hydrogen-bond donors (Lipinski definition) is 1. The molecule has 5 rings (SSSR count). The summed E-state index contributed by atoms with van der Waals surface area (Å²) in [5.41, 5.74) is 2.93. The number of piperidine rings is 1. The molecule has 0 bridgehead atoms. The lowest BCUT2D eigenvalue weighted by molar-refractivity contribution is 0.116. The minimum Gasteiger partial charge on any atom is -0.489 e. The lowest BCUT2D eigenvalue weighted by atomic mass is 10.1. The van der Waals surface area contributed by atoms with E-state index in [1.165, 1.54) is 0 Å². The predicted octanol–water partition coefficient (Wildman–Crippen LogP) is 4.64. The highest BCUT2D eigenvalue weighted by Crippen LogP contribution is 2.38. The number of ether oxygens (including phenoxy) is 1. The molecule has 1 atom stereocenters. The van der Waals surface area contributed by atoms with Gasteiger partial charge in [-0.2, -0.15) is 0 Å². The summed E-state index contributed by atoms with van der Waals surface area (Å²) in [6, 6.07) is 12.6. The molecule has 2 saturated heterocycles. The Kier molecular flexibility index (Phi) is 6.77. The summed E-state index contributed by atoms with van der Waals surface area (Å²) in [6.45, 7) is 4.12. The molecule has 3 heterocycles. The van der Waals surface area contributed by atoms with Crippen molar-refractivity contribution in [2.24, 2.45) is 0 Å². The second kappa shape index (κ2) is 9.94. The Bertz CT molecular complexity index is 1150. The van der Waals surface area contributed by atoms with Gasteiger partial charge in [-0.3, -0.25) is 0 Å². The standard InChI is InChI=1S/C26H33ClN6O/c1-31(2)20-7-12-33(16-20)21-14-23-25(24(15-21)34-22-8-10-32(3)11-9-22)26(29-17-28-23)30-19-6-4-5-18(27)13-19/h4-6,13-15,17,20,22H,7-12,16H2,1-3H3,(H,28,29,30)/t20-/m1/s1. The largest absolute Gasteiger partial charge is 0.489 e. The Morgan fingerprint density at radius 2 is 1.88 bits per heavy atom. The molecule has 0 spiro atoms. The second-order valence-corrected chi connectivity index (χ2v) is 10.1. The molecule has 180 valence electrons. The lowest BCUT2D eigenvalue weighted by Gasteiger charge is -2.30. The first-order valence-electron chi connectivity index (χ1n) is 12.0. The van der Waals surface area contributed by atoms with E-state index in [4.69, 9.17) is 16.3 Å². The van der Waals surface area contributed by atoms with E-state index in [9.17, 15) is 0 Å². The number of nitrogens with zero attached hydrogens (tertiary/aromatic N) is 5.